The van der Waals surface area contributed by atoms with Crippen molar-refractivity contribution in [1.82, 2.24) is 0 Å². The number of carbonyl (C=O) groups excluding carboxylic acids is 1. The topological polar surface area (TPSA) is 72.8 Å². The van der Waals surface area contributed by atoms with Crippen molar-refractivity contribution in [3.63, 3.8) is 0 Å². The molecule has 1 N–H and O–H groups in total. The Morgan fingerprint density at radius 1 is 1.50 bits per heavy atom. The predicted octanol–water partition coefficient (Wildman–Crippen LogP) is 2.17. The maximum absolute atomic E-state index is 10.7. The van der Waals surface area contributed by atoms with Gasteiger partial charge in [-0.3, -0.25) is 9.09 Å². The number of hydrogen-bond donors (Lipinski definition) is 1. The molecule has 5 nitrogen and oxygen atoms in total. The van der Waals surface area contributed by atoms with Crippen LogP contribution in [0.3, 0.4) is 0 Å². The van der Waals surface area contributed by atoms with E-state index in [1.165, 1.54) is 6.92 Å². The molecule has 0 fully saturated rings. The summed E-state index contributed by atoms with van der Waals surface area (Å²) in [5.41, 5.74) is 0.211. The molecule has 0 aliphatic carbocycles. The van der Waals surface area contributed by atoms with Crippen LogP contribution in [-0.2, 0) is 18.6 Å². The molecule has 0 aromatic heterocycles. The Kier molecular flexibility index (Phi) is 10.5. The second-order valence-corrected chi connectivity index (χ2v) is 4.13. The Morgan fingerprint density at radius 2 is 1.93 bits per heavy atom. The molecule has 0 saturated carbocycles. The van der Waals surface area contributed by atoms with Gasteiger partial charge < -0.3 is 9.63 Å². The van der Waals surface area contributed by atoms with E-state index >= 15 is 0 Å². The molecule has 1 unspecified atom stereocenters. The Labute approximate surface area is 85.3 Å². The third-order valence-electron chi connectivity index (χ3n) is 0.831. The second-order valence-electron chi connectivity index (χ2n) is 2.26. The third-order valence-corrected chi connectivity index (χ3v) is 1.42. The molecule has 0 spiro atoms. The highest BCUT2D eigenvalue weighted by Gasteiger charge is 2.11. The van der Waals surface area contributed by atoms with Crippen molar-refractivity contribution in [2.45, 2.75) is 21.8 Å². The van der Waals surface area contributed by atoms with Gasteiger partial charge in [0.25, 0.3) is 0 Å². The summed E-state index contributed by atoms with van der Waals surface area (Å²) in [5, 5.41) is 0. The van der Waals surface area contributed by atoms with Crippen molar-refractivity contribution in [2.24, 2.45) is 0 Å². The molecular weight excluding hydrogens is 207 g/mol. The molecule has 0 rings (SSSR count). The number of rotatable bonds is 4. The van der Waals surface area contributed by atoms with Gasteiger partial charge in [0.2, 0.25) is 6.79 Å². The van der Waals surface area contributed by atoms with E-state index in [2.05, 4.69) is 15.8 Å². The summed E-state index contributed by atoms with van der Waals surface area (Å²) in [6, 6.07) is 0. The Bertz CT molecular complexity index is 230. The smallest absolute Gasteiger partial charge is 0.335 e. The average molecular weight is 226 g/mol. The molecular formula is C8H19O5P. The summed E-state index contributed by atoms with van der Waals surface area (Å²) >= 11 is 0. The summed E-state index contributed by atoms with van der Waals surface area (Å²) in [6.07, 6.45) is 0. The molecule has 86 valence electrons. The monoisotopic (exact) mass is 226 g/mol. The minimum Gasteiger partial charge on any atom is -0.435 e. The fraction of sp³-hybridized carbons (Fsp3) is 0.625. The summed E-state index contributed by atoms with van der Waals surface area (Å²) in [4.78, 5) is 19.2. The van der Waals surface area contributed by atoms with Crippen molar-refractivity contribution < 1.29 is 23.5 Å². The van der Waals surface area contributed by atoms with Crippen LogP contribution in [0.5, 0.6) is 0 Å². The molecule has 0 heterocycles. The van der Waals surface area contributed by atoms with Gasteiger partial charge in [-0.1, -0.05) is 21.4 Å². The summed E-state index contributed by atoms with van der Waals surface area (Å²) < 4.78 is 19.1. The Balaban J connectivity index is -0.000000605. The van der Waals surface area contributed by atoms with E-state index in [4.69, 9.17) is 4.89 Å². The molecule has 0 saturated heterocycles. The predicted molar refractivity (Wildman–Crippen MR) is 56.1 cm³/mol. The van der Waals surface area contributed by atoms with Crippen LogP contribution in [0.25, 0.3) is 0 Å². The maximum atomic E-state index is 10.7. The third kappa shape index (κ3) is 11.4. The van der Waals surface area contributed by atoms with E-state index < -0.39 is 20.4 Å². The van der Waals surface area contributed by atoms with Gasteiger partial charge in [0.15, 0.2) is 0 Å². The molecule has 0 aromatic rings. The lowest BCUT2D eigenvalue weighted by molar-refractivity contribution is -0.145. The number of carbonyl (C=O) groups is 1. The molecule has 0 bridgehead atoms. The number of esters is 1. The lowest BCUT2D eigenvalue weighted by Gasteiger charge is -2.06. The van der Waals surface area contributed by atoms with Gasteiger partial charge in [-0.05, 0) is 6.92 Å². The first-order valence-corrected chi connectivity index (χ1v) is 5.13. The molecule has 0 radical (unpaired) electrons. The zero-order valence-electron chi connectivity index (χ0n) is 6.94. The van der Waals surface area contributed by atoms with E-state index in [0.29, 0.717) is 0 Å². The maximum Gasteiger partial charge on any atom is 0.335 e. The number of hydrogen-bond acceptors (Lipinski definition) is 4. The SMILES string of the molecule is C.C.C=C(C)C(=O)OCOP(C)(=O)O. The van der Waals surface area contributed by atoms with E-state index in [9.17, 15) is 9.36 Å². The lowest BCUT2D eigenvalue weighted by Crippen LogP contribution is -2.07. The van der Waals surface area contributed by atoms with Crippen LogP contribution < -0.4 is 0 Å². The van der Waals surface area contributed by atoms with Crippen LogP contribution in [0.2, 0.25) is 0 Å². The lowest BCUT2D eigenvalue weighted by atomic mass is 10.4. The molecule has 0 aliphatic rings. The second kappa shape index (κ2) is 7.74. The highest BCUT2D eigenvalue weighted by atomic mass is 31.2. The van der Waals surface area contributed by atoms with Gasteiger partial charge in [0, 0.05) is 12.2 Å². The van der Waals surface area contributed by atoms with Crippen LogP contribution in [-0.4, -0.2) is 24.3 Å². The largest absolute Gasteiger partial charge is 0.435 e. The highest BCUT2D eigenvalue weighted by Crippen LogP contribution is 2.36. The average Bonchev–Trinajstić information content (AvgIpc) is 1.84. The molecule has 0 aliphatic heterocycles. The first-order valence-electron chi connectivity index (χ1n) is 3.10. The van der Waals surface area contributed by atoms with Gasteiger partial charge in [0.1, 0.15) is 0 Å². The van der Waals surface area contributed by atoms with Crippen LogP contribution >= 0.6 is 7.60 Å². The quantitative estimate of drug-likeness (QED) is 0.344. The minimum absolute atomic E-state index is 0. The standard InChI is InChI=1S/C6H11O5P.2CH4/c1-5(2)6(7)10-4-11-12(3,8)9;;/h1,4H2,2-3H3,(H,8,9);2*1H4. The first-order chi connectivity index (χ1) is 5.33. The van der Waals surface area contributed by atoms with Crippen LogP contribution in [0.4, 0.5) is 0 Å². The molecule has 0 aromatic carbocycles. The normalized spacial score (nSPS) is 12.8. The van der Waals surface area contributed by atoms with Crippen LogP contribution in [0.15, 0.2) is 12.2 Å². The molecule has 14 heavy (non-hydrogen) atoms. The van der Waals surface area contributed by atoms with Crippen molar-refractivity contribution in [3.05, 3.63) is 12.2 Å². The summed E-state index contributed by atoms with van der Waals surface area (Å²) in [7, 11) is -3.56. The van der Waals surface area contributed by atoms with Crippen molar-refractivity contribution in [2.75, 3.05) is 13.5 Å². The van der Waals surface area contributed by atoms with Crippen molar-refractivity contribution >= 4 is 13.6 Å². The highest BCUT2D eigenvalue weighted by molar-refractivity contribution is 7.51. The van der Waals surface area contributed by atoms with Gasteiger partial charge in [-0.25, -0.2) is 4.79 Å². The van der Waals surface area contributed by atoms with E-state index in [-0.39, 0.29) is 20.4 Å². The van der Waals surface area contributed by atoms with Crippen LogP contribution in [0.1, 0.15) is 21.8 Å². The molecule has 0 amide bonds. The zero-order valence-corrected chi connectivity index (χ0v) is 7.84. The fourth-order valence-corrected chi connectivity index (χ4v) is 0.549. The summed E-state index contributed by atoms with van der Waals surface area (Å²) in [5.74, 6) is -0.650. The Morgan fingerprint density at radius 3 is 2.21 bits per heavy atom. The van der Waals surface area contributed by atoms with Gasteiger partial charge in [-0.15, -0.1) is 0 Å². The van der Waals surface area contributed by atoms with E-state index in [1.807, 2.05) is 0 Å². The Hall–Kier alpha value is -0.640. The zero-order chi connectivity index (χ0) is 9.78. The van der Waals surface area contributed by atoms with Gasteiger partial charge in [-0.2, -0.15) is 0 Å². The molecule has 1 atom stereocenters. The fourth-order valence-electron chi connectivity index (χ4n) is 0.301. The van der Waals surface area contributed by atoms with Crippen molar-refractivity contribution in [1.29, 1.82) is 0 Å². The summed E-state index contributed by atoms with van der Waals surface area (Å²) in [6.45, 7) is 5.24. The van der Waals surface area contributed by atoms with Crippen LogP contribution in [0, 0.1) is 0 Å². The van der Waals surface area contributed by atoms with Gasteiger partial charge >= 0.3 is 13.6 Å². The van der Waals surface area contributed by atoms with Gasteiger partial charge in [0.05, 0.1) is 0 Å². The molecule has 6 heteroatoms. The first kappa shape index (κ1) is 19.0. The minimum atomic E-state index is -3.56. The van der Waals surface area contributed by atoms with E-state index in [1.54, 1.807) is 0 Å². The van der Waals surface area contributed by atoms with E-state index in [0.717, 1.165) is 6.66 Å². The number of ether oxygens (including phenoxy) is 1. The van der Waals surface area contributed by atoms with Crippen molar-refractivity contribution in [3.8, 4) is 0 Å².